The first kappa shape index (κ1) is 32.0. The van der Waals surface area contributed by atoms with E-state index in [4.69, 9.17) is 23.8 Å². The first-order chi connectivity index (χ1) is 29.2. The minimum atomic E-state index is 0.585. The van der Waals surface area contributed by atoms with Gasteiger partial charge in [-0.3, -0.25) is 0 Å². The number of benzene rings is 9. The molecule has 0 aliphatic heterocycles. The van der Waals surface area contributed by atoms with E-state index in [2.05, 4.69) is 144 Å². The van der Waals surface area contributed by atoms with Crippen molar-refractivity contribution in [2.75, 3.05) is 0 Å². The second-order valence-electron chi connectivity index (χ2n) is 15.1. The van der Waals surface area contributed by atoms with Crippen LogP contribution in [0.5, 0.6) is 0 Å². The van der Waals surface area contributed by atoms with Gasteiger partial charge in [0.05, 0.1) is 22.1 Å². The van der Waals surface area contributed by atoms with E-state index in [1.54, 1.807) is 0 Å². The summed E-state index contributed by atoms with van der Waals surface area (Å²) < 4.78 is 15.8. The molecule has 0 saturated heterocycles. The largest absolute Gasteiger partial charge is 0.456 e. The van der Waals surface area contributed by atoms with Crippen LogP contribution in [0.4, 0.5) is 0 Å². The third kappa shape index (κ3) is 4.71. The molecular formula is C53H30N4O2. The third-order valence-electron chi connectivity index (χ3n) is 11.8. The predicted molar refractivity (Wildman–Crippen MR) is 240 cm³/mol. The molecule has 0 unspecified atom stereocenters. The molecule has 274 valence electrons. The SMILES string of the molecule is c1ccc(-c2nc(-c3ccc4ccccc4c3)nc(-c3cc4c5ccccc5oc4c4c(-n5c6ccccc6c6ccc7oc8ccccc8c7c65)cccc34)n2)cc1. The van der Waals surface area contributed by atoms with E-state index < -0.39 is 0 Å². The topological polar surface area (TPSA) is 69.9 Å². The Kier molecular flexibility index (Phi) is 6.63. The number of hydrogen-bond acceptors (Lipinski definition) is 5. The smallest absolute Gasteiger partial charge is 0.164 e. The van der Waals surface area contributed by atoms with Crippen LogP contribution in [-0.4, -0.2) is 19.5 Å². The summed E-state index contributed by atoms with van der Waals surface area (Å²) in [6.45, 7) is 0. The molecule has 6 nitrogen and oxygen atoms in total. The van der Waals surface area contributed by atoms with E-state index >= 15 is 0 Å². The zero-order valence-electron chi connectivity index (χ0n) is 31.4. The monoisotopic (exact) mass is 754 g/mol. The molecule has 4 aromatic heterocycles. The van der Waals surface area contributed by atoms with Gasteiger partial charge in [-0.05, 0) is 64.7 Å². The summed E-state index contributed by atoms with van der Waals surface area (Å²) >= 11 is 0. The second kappa shape index (κ2) is 12.2. The van der Waals surface area contributed by atoms with Crippen LogP contribution < -0.4 is 0 Å². The number of hydrogen-bond donors (Lipinski definition) is 0. The maximum absolute atomic E-state index is 6.90. The molecule has 9 aromatic carbocycles. The Labute approximate surface area is 336 Å². The average Bonchev–Trinajstić information content (AvgIpc) is 3.98. The van der Waals surface area contributed by atoms with E-state index in [9.17, 15) is 0 Å². The van der Waals surface area contributed by atoms with E-state index in [1.807, 2.05) is 42.5 Å². The summed E-state index contributed by atoms with van der Waals surface area (Å²) in [7, 11) is 0. The van der Waals surface area contributed by atoms with Crippen molar-refractivity contribution in [3.63, 3.8) is 0 Å². The van der Waals surface area contributed by atoms with Gasteiger partial charge in [0, 0.05) is 49.0 Å². The molecule has 6 heteroatoms. The van der Waals surface area contributed by atoms with Crippen LogP contribution in [0.15, 0.2) is 191 Å². The quantitative estimate of drug-likeness (QED) is 0.179. The summed E-state index contributed by atoms with van der Waals surface area (Å²) in [6.07, 6.45) is 0. The fourth-order valence-electron chi connectivity index (χ4n) is 9.18. The third-order valence-corrected chi connectivity index (χ3v) is 11.8. The maximum Gasteiger partial charge on any atom is 0.164 e. The zero-order valence-corrected chi connectivity index (χ0v) is 31.4. The lowest BCUT2D eigenvalue weighted by atomic mass is 9.98. The summed E-state index contributed by atoms with van der Waals surface area (Å²) in [4.78, 5) is 15.7. The summed E-state index contributed by atoms with van der Waals surface area (Å²) in [6, 6.07) is 63.1. The lowest BCUT2D eigenvalue weighted by molar-refractivity contribution is 0.669. The summed E-state index contributed by atoms with van der Waals surface area (Å²) in [5.74, 6) is 1.80. The Bertz CT molecular complexity index is 3860. The molecule has 0 atom stereocenters. The second-order valence-corrected chi connectivity index (χ2v) is 15.1. The Morgan fingerprint density at radius 2 is 1.05 bits per heavy atom. The van der Waals surface area contributed by atoms with Crippen molar-refractivity contribution in [1.82, 2.24) is 19.5 Å². The Morgan fingerprint density at radius 1 is 0.373 bits per heavy atom. The van der Waals surface area contributed by atoms with E-state index in [1.165, 1.54) is 0 Å². The van der Waals surface area contributed by atoms with Gasteiger partial charge >= 0.3 is 0 Å². The van der Waals surface area contributed by atoms with E-state index in [-0.39, 0.29) is 0 Å². The molecule has 13 aromatic rings. The van der Waals surface area contributed by atoms with Crippen LogP contribution in [0.3, 0.4) is 0 Å². The first-order valence-electron chi connectivity index (χ1n) is 19.8. The minimum Gasteiger partial charge on any atom is -0.456 e. The average molecular weight is 755 g/mol. The molecule has 13 rings (SSSR count). The number of furan rings is 2. The van der Waals surface area contributed by atoms with Crippen LogP contribution in [-0.2, 0) is 0 Å². The Balaban J connectivity index is 1.18. The van der Waals surface area contributed by atoms with Gasteiger partial charge in [0.15, 0.2) is 17.5 Å². The van der Waals surface area contributed by atoms with E-state index in [0.29, 0.717) is 17.5 Å². The number of para-hydroxylation sites is 3. The van der Waals surface area contributed by atoms with Crippen LogP contribution in [0, 0.1) is 0 Å². The molecule has 0 saturated carbocycles. The highest BCUT2D eigenvalue weighted by Crippen LogP contribution is 2.46. The van der Waals surface area contributed by atoms with Gasteiger partial charge in [-0.15, -0.1) is 0 Å². The molecule has 0 amide bonds. The van der Waals surface area contributed by atoms with Gasteiger partial charge in [0.1, 0.15) is 22.3 Å². The van der Waals surface area contributed by atoms with Gasteiger partial charge in [0.25, 0.3) is 0 Å². The molecule has 0 aliphatic rings. The van der Waals surface area contributed by atoms with Crippen molar-refractivity contribution >= 4 is 87.2 Å². The van der Waals surface area contributed by atoms with Crippen molar-refractivity contribution in [1.29, 1.82) is 0 Å². The van der Waals surface area contributed by atoms with Gasteiger partial charge in [-0.25, -0.2) is 15.0 Å². The molecule has 59 heavy (non-hydrogen) atoms. The normalized spacial score (nSPS) is 12.1. The van der Waals surface area contributed by atoms with Gasteiger partial charge in [-0.1, -0.05) is 133 Å². The van der Waals surface area contributed by atoms with Gasteiger partial charge in [0.2, 0.25) is 0 Å². The lowest BCUT2D eigenvalue weighted by Gasteiger charge is -2.15. The standard InChI is InChI=1S/C53H30N4O2/c1-2-14-32(15-3-1)51-54-52(34-26-25-31-13-4-5-16-33(31)29-34)56-53(55-51)41-30-40-36-18-7-10-23-44(36)59-50(40)47-37(41)20-12-22-43(47)57-42-21-9-6-17-35(42)38-27-28-46-48(49(38)57)39-19-8-11-24-45(39)58-46/h1-30H. The highest BCUT2D eigenvalue weighted by atomic mass is 16.3. The van der Waals surface area contributed by atoms with E-state index in [0.717, 1.165) is 110 Å². The van der Waals surface area contributed by atoms with Crippen molar-refractivity contribution in [3.8, 4) is 39.9 Å². The fraction of sp³-hybridized carbons (Fsp3) is 0. The van der Waals surface area contributed by atoms with Gasteiger partial charge in [-0.2, -0.15) is 0 Å². The van der Waals surface area contributed by atoms with Crippen molar-refractivity contribution in [3.05, 3.63) is 182 Å². The van der Waals surface area contributed by atoms with Crippen LogP contribution in [0.2, 0.25) is 0 Å². The maximum atomic E-state index is 6.90. The summed E-state index contributed by atoms with van der Waals surface area (Å²) in [5, 5.41) is 10.7. The molecule has 0 spiro atoms. The van der Waals surface area contributed by atoms with Crippen LogP contribution >= 0.6 is 0 Å². The highest BCUT2D eigenvalue weighted by molar-refractivity contribution is 6.27. The highest BCUT2D eigenvalue weighted by Gasteiger charge is 2.24. The molecular weight excluding hydrogens is 725 g/mol. The fourth-order valence-corrected chi connectivity index (χ4v) is 9.18. The molecule has 0 N–H and O–H groups in total. The molecule has 0 aliphatic carbocycles. The number of aromatic nitrogens is 4. The summed E-state index contributed by atoms with van der Waals surface area (Å²) in [5.41, 5.74) is 9.22. The molecule has 0 fully saturated rings. The zero-order chi connectivity index (χ0) is 38.6. The number of nitrogens with zero attached hydrogens (tertiary/aromatic N) is 4. The minimum absolute atomic E-state index is 0.585. The van der Waals surface area contributed by atoms with Crippen LogP contribution in [0.25, 0.3) is 127 Å². The Morgan fingerprint density at radius 3 is 1.92 bits per heavy atom. The number of rotatable bonds is 4. The molecule has 0 bridgehead atoms. The first-order valence-corrected chi connectivity index (χ1v) is 19.8. The lowest BCUT2D eigenvalue weighted by Crippen LogP contribution is -2.01. The van der Waals surface area contributed by atoms with Crippen molar-refractivity contribution < 1.29 is 8.83 Å². The van der Waals surface area contributed by atoms with Crippen molar-refractivity contribution in [2.24, 2.45) is 0 Å². The van der Waals surface area contributed by atoms with Gasteiger partial charge < -0.3 is 13.4 Å². The van der Waals surface area contributed by atoms with Crippen LogP contribution in [0.1, 0.15) is 0 Å². The molecule has 4 heterocycles. The molecule has 0 radical (unpaired) electrons. The predicted octanol–water partition coefficient (Wildman–Crippen LogP) is 14.1. The number of fused-ring (bicyclic) bond motifs is 13. The van der Waals surface area contributed by atoms with Crippen molar-refractivity contribution in [2.45, 2.75) is 0 Å². The Hall–Kier alpha value is -8.09.